The predicted octanol–water partition coefficient (Wildman–Crippen LogP) is 2.26. The summed E-state index contributed by atoms with van der Waals surface area (Å²) in [7, 11) is 0. The zero-order valence-electron chi connectivity index (χ0n) is 12.6. The number of carboxylic acids is 1. The standard InChI is InChI=1S/C17H18N2O4/c18-8-14-9-19(11-17(14)6-13(7-17)15(20)21)16(22)23-10-12-4-2-1-3-5-12/h1-5,13-14H,6-7,9-11H2,(H,20,21). The summed E-state index contributed by atoms with van der Waals surface area (Å²) in [6.07, 6.45) is 0.483. The minimum absolute atomic E-state index is 0.193. The maximum Gasteiger partial charge on any atom is 0.410 e. The van der Waals surface area contributed by atoms with Crippen LogP contribution in [0.4, 0.5) is 4.79 Å². The lowest BCUT2D eigenvalue weighted by molar-refractivity contribution is -0.150. The fourth-order valence-corrected chi connectivity index (χ4v) is 3.61. The number of nitriles is 1. The van der Waals surface area contributed by atoms with Gasteiger partial charge in [-0.05, 0) is 18.4 Å². The molecule has 2 aliphatic rings. The molecule has 1 unspecified atom stereocenters. The van der Waals surface area contributed by atoms with Crippen molar-refractivity contribution >= 4 is 12.1 Å². The van der Waals surface area contributed by atoms with Crippen LogP contribution in [0.5, 0.6) is 0 Å². The van der Waals surface area contributed by atoms with E-state index in [1.54, 1.807) is 0 Å². The number of rotatable bonds is 3. The number of hydrogen-bond acceptors (Lipinski definition) is 4. The van der Waals surface area contributed by atoms with E-state index >= 15 is 0 Å². The number of carbonyl (C=O) groups is 2. The molecule has 0 radical (unpaired) electrons. The van der Waals surface area contributed by atoms with Crippen molar-refractivity contribution in [2.75, 3.05) is 13.1 Å². The molecule has 1 saturated carbocycles. The van der Waals surface area contributed by atoms with Gasteiger partial charge in [0.1, 0.15) is 6.61 Å². The summed E-state index contributed by atoms with van der Waals surface area (Å²) in [5.74, 6) is -1.54. The van der Waals surface area contributed by atoms with E-state index in [9.17, 15) is 14.9 Å². The van der Waals surface area contributed by atoms with Crippen LogP contribution in [0.25, 0.3) is 0 Å². The van der Waals surface area contributed by atoms with Gasteiger partial charge in [0.2, 0.25) is 0 Å². The predicted molar refractivity (Wildman–Crippen MR) is 80.1 cm³/mol. The Bertz CT molecular complexity index is 646. The Morgan fingerprint density at radius 2 is 2.04 bits per heavy atom. The highest BCUT2D eigenvalue weighted by molar-refractivity contribution is 5.72. The molecule has 1 atom stereocenters. The van der Waals surface area contributed by atoms with E-state index in [2.05, 4.69) is 6.07 Å². The topological polar surface area (TPSA) is 90.6 Å². The van der Waals surface area contributed by atoms with Crippen LogP contribution in [-0.2, 0) is 16.1 Å². The van der Waals surface area contributed by atoms with Gasteiger partial charge in [0.05, 0.1) is 17.9 Å². The van der Waals surface area contributed by atoms with Gasteiger partial charge >= 0.3 is 12.1 Å². The minimum Gasteiger partial charge on any atom is -0.481 e. The van der Waals surface area contributed by atoms with Gasteiger partial charge in [-0.3, -0.25) is 4.79 Å². The molecule has 1 aliphatic heterocycles. The summed E-state index contributed by atoms with van der Waals surface area (Å²) in [4.78, 5) is 24.7. The molecule has 1 spiro atoms. The third kappa shape index (κ3) is 2.87. The first-order valence-corrected chi connectivity index (χ1v) is 7.62. The Balaban J connectivity index is 1.58. The second-order valence-electron chi connectivity index (χ2n) is 6.41. The smallest absolute Gasteiger partial charge is 0.410 e. The van der Waals surface area contributed by atoms with Gasteiger partial charge in [-0.2, -0.15) is 5.26 Å². The number of benzene rings is 1. The van der Waals surface area contributed by atoms with Crippen molar-refractivity contribution in [2.45, 2.75) is 19.4 Å². The molecule has 1 amide bonds. The Morgan fingerprint density at radius 1 is 1.35 bits per heavy atom. The molecule has 0 aromatic heterocycles. The number of amides is 1. The lowest BCUT2D eigenvalue weighted by atomic mass is 9.57. The molecule has 6 heteroatoms. The van der Waals surface area contributed by atoms with Crippen LogP contribution >= 0.6 is 0 Å². The average Bonchev–Trinajstić information content (AvgIpc) is 2.92. The number of nitrogens with zero attached hydrogens (tertiary/aromatic N) is 2. The lowest BCUT2D eigenvalue weighted by Crippen LogP contribution is -2.46. The van der Waals surface area contributed by atoms with Crippen molar-refractivity contribution in [2.24, 2.45) is 17.3 Å². The molecule has 1 saturated heterocycles. The third-order valence-corrected chi connectivity index (χ3v) is 4.92. The zero-order valence-corrected chi connectivity index (χ0v) is 12.6. The van der Waals surface area contributed by atoms with E-state index in [4.69, 9.17) is 9.84 Å². The molecule has 1 aromatic carbocycles. The Labute approximate surface area is 134 Å². The Morgan fingerprint density at radius 3 is 2.65 bits per heavy atom. The summed E-state index contributed by atoms with van der Waals surface area (Å²) in [6, 6.07) is 11.6. The first-order valence-electron chi connectivity index (χ1n) is 7.62. The molecule has 3 rings (SSSR count). The summed E-state index contributed by atoms with van der Waals surface area (Å²) >= 11 is 0. The molecule has 1 N–H and O–H groups in total. The molecule has 2 fully saturated rings. The number of aliphatic carboxylic acids is 1. The summed E-state index contributed by atoms with van der Waals surface area (Å²) in [6.45, 7) is 0.914. The van der Waals surface area contributed by atoms with Gasteiger partial charge < -0.3 is 14.7 Å². The fraction of sp³-hybridized carbons (Fsp3) is 0.471. The number of carboxylic acid groups (broad SMARTS) is 1. The van der Waals surface area contributed by atoms with Crippen LogP contribution in [0.15, 0.2) is 30.3 Å². The second-order valence-corrected chi connectivity index (χ2v) is 6.41. The monoisotopic (exact) mass is 314 g/mol. The summed E-state index contributed by atoms with van der Waals surface area (Å²) in [5, 5.41) is 18.4. The third-order valence-electron chi connectivity index (χ3n) is 4.92. The second kappa shape index (κ2) is 5.92. The Kier molecular flexibility index (Phi) is 3.95. The van der Waals surface area contributed by atoms with Crippen molar-refractivity contribution in [1.29, 1.82) is 5.26 Å². The summed E-state index contributed by atoms with van der Waals surface area (Å²) in [5.41, 5.74) is 0.532. The van der Waals surface area contributed by atoms with Crippen LogP contribution < -0.4 is 0 Å². The normalized spacial score (nSPS) is 28.9. The van der Waals surface area contributed by atoms with Gasteiger partial charge in [0.25, 0.3) is 0 Å². The van der Waals surface area contributed by atoms with E-state index in [-0.39, 0.29) is 17.9 Å². The van der Waals surface area contributed by atoms with E-state index < -0.39 is 18.0 Å². The van der Waals surface area contributed by atoms with Crippen molar-refractivity contribution in [3.05, 3.63) is 35.9 Å². The molecule has 1 heterocycles. The van der Waals surface area contributed by atoms with Crippen molar-refractivity contribution in [3.63, 3.8) is 0 Å². The van der Waals surface area contributed by atoms with Gasteiger partial charge in [-0.25, -0.2) is 4.79 Å². The van der Waals surface area contributed by atoms with Gasteiger partial charge in [0.15, 0.2) is 0 Å². The average molecular weight is 314 g/mol. The molecular weight excluding hydrogens is 296 g/mol. The highest BCUT2D eigenvalue weighted by Crippen LogP contribution is 2.54. The molecule has 6 nitrogen and oxygen atoms in total. The number of ether oxygens (including phenoxy) is 1. The van der Waals surface area contributed by atoms with Gasteiger partial charge in [-0.1, -0.05) is 30.3 Å². The highest BCUT2D eigenvalue weighted by Gasteiger charge is 2.57. The molecule has 1 aromatic rings. The molecule has 120 valence electrons. The molecule has 0 bridgehead atoms. The van der Waals surface area contributed by atoms with Crippen LogP contribution in [0.1, 0.15) is 18.4 Å². The first-order chi connectivity index (χ1) is 11.0. The van der Waals surface area contributed by atoms with Crippen LogP contribution in [-0.4, -0.2) is 35.2 Å². The largest absolute Gasteiger partial charge is 0.481 e. The van der Waals surface area contributed by atoms with E-state index in [0.717, 1.165) is 5.56 Å². The van der Waals surface area contributed by atoms with Crippen molar-refractivity contribution in [3.8, 4) is 6.07 Å². The number of hydrogen-bond donors (Lipinski definition) is 1. The van der Waals surface area contributed by atoms with Crippen LogP contribution in [0.2, 0.25) is 0 Å². The lowest BCUT2D eigenvalue weighted by Gasteiger charge is -2.44. The maximum atomic E-state index is 12.2. The first kappa shape index (κ1) is 15.3. The van der Waals surface area contributed by atoms with Crippen LogP contribution in [0.3, 0.4) is 0 Å². The van der Waals surface area contributed by atoms with Crippen molar-refractivity contribution < 1.29 is 19.4 Å². The molecular formula is C17H18N2O4. The van der Waals surface area contributed by atoms with Crippen molar-refractivity contribution in [1.82, 2.24) is 4.90 Å². The SMILES string of the molecule is N#CC1CN(C(=O)OCc2ccccc2)CC12CC(C(=O)O)C2. The summed E-state index contributed by atoms with van der Waals surface area (Å²) < 4.78 is 5.30. The zero-order chi connectivity index (χ0) is 16.4. The highest BCUT2D eigenvalue weighted by atomic mass is 16.6. The van der Waals surface area contributed by atoms with Crippen LogP contribution in [0, 0.1) is 28.6 Å². The van der Waals surface area contributed by atoms with E-state index in [0.29, 0.717) is 25.9 Å². The molecule has 23 heavy (non-hydrogen) atoms. The Hall–Kier alpha value is -2.55. The molecule has 1 aliphatic carbocycles. The van der Waals surface area contributed by atoms with Gasteiger partial charge in [0, 0.05) is 18.5 Å². The van der Waals surface area contributed by atoms with E-state index in [1.807, 2.05) is 30.3 Å². The maximum absolute atomic E-state index is 12.2. The quantitative estimate of drug-likeness (QED) is 0.924. The number of carbonyl (C=O) groups excluding carboxylic acids is 1. The van der Waals surface area contributed by atoms with E-state index in [1.165, 1.54) is 4.90 Å². The fourth-order valence-electron chi connectivity index (χ4n) is 3.61. The number of likely N-dealkylation sites (tertiary alicyclic amines) is 1. The van der Waals surface area contributed by atoms with Gasteiger partial charge in [-0.15, -0.1) is 0 Å². The minimum atomic E-state index is -0.822.